The van der Waals surface area contributed by atoms with E-state index in [9.17, 15) is 0 Å². The fourth-order valence-electron chi connectivity index (χ4n) is 2.82. The van der Waals surface area contributed by atoms with Crippen LogP contribution in [0.4, 0.5) is 17.3 Å². The van der Waals surface area contributed by atoms with Gasteiger partial charge in [-0.15, -0.1) is 5.10 Å². The van der Waals surface area contributed by atoms with Crippen molar-refractivity contribution >= 4 is 17.3 Å². The molecule has 26 heavy (non-hydrogen) atoms. The Kier molecular flexibility index (Phi) is 4.86. The number of rotatable bonds is 6. The molecule has 2 fully saturated rings. The van der Waals surface area contributed by atoms with Crippen molar-refractivity contribution in [3.63, 3.8) is 0 Å². The van der Waals surface area contributed by atoms with E-state index in [1.807, 2.05) is 12.1 Å². The van der Waals surface area contributed by atoms with Crippen LogP contribution in [0.25, 0.3) is 0 Å². The van der Waals surface area contributed by atoms with E-state index in [4.69, 9.17) is 10.00 Å². The molecular weight excluding hydrogens is 332 g/mol. The molecule has 0 spiro atoms. The van der Waals surface area contributed by atoms with Gasteiger partial charge in [-0.05, 0) is 12.8 Å². The molecule has 9 nitrogen and oxygen atoms in total. The summed E-state index contributed by atoms with van der Waals surface area (Å²) in [6.45, 7) is 3.20. The van der Waals surface area contributed by atoms with Crippen LogP contribution in [0.5, 0.6) is 0 Å². The molecule has 1 saturated heterocycles. The first-order chi connectivity index (χ1) is 12.8. The Balaban J connectivity index is 1.47. The monoisotopic (exact) mass is 352 g/mol. The second kappa shape index (κ2) is 7.59. The maximum absolute atomic E-state index is 8.79. The van der Waals surface area contributed by atoms with Crippen LogP contribution in [0.1, 0.15) is 30.1 Å². The first-order valence-electron chi connectivity index (χ1n) is 8.75. The van der Waals surface area contributed by atoms with E-state index >= 15 is 0 Å². The number of aromatic nitrogens is 4. The quantitative estimate of drug-likeness (QED) is 0.703. The fraction of sp³-hybridized carbons (Fsp3) is 0.471. The highest BCUT2D eigenvalue weighted by Gasteiger charge is 2.29. The first kappa shape index (κ1) is 16.6. The van der Waals surface area contributed by atoms with Gasteiger partial charge in [0.05, 0.1) is 36.5 Å². The van der Waals surface area contributed by atoms with Crippen molar-refractivity contribution in [3.05, 3.63) is 29.8 Å². The zero-order chi connectivity index (χ0) is 17.8. The molecule has 0 aromatic carbocycles. The molecule has 4 rings (SSSR count). The van der Waals surface area contributed by atoms with Crippen LogP contribution in [-0.4, -0.2) is 52.5 Å². The largest absolute Gasteiger partial charge is 0.381 e. The molecule has 0 radical (unpaired) electrons. The normalized spacial score (nSPS) is 19.6. The molecule has 2 aromatic rings. The van der Waals surface area contributed by atoms with Gasteiger partial charge in [0.2, 0.25) is 0 Å². The Morgan fingerprint density at radius 1 is 1.23 bits per heavy atom. The summed E-state index contributed by atoms with van der Waals surface area (Å²) >= 11 is 0. The highest BCUT2D eigenvalue weighted by atomic mass is 16.5. The Hall–Kier alpha value is -2.83. The van der Waals surface area contributed by atoms with Gasteiger partial charge in [-0.2, -0.15) is 10.4 Å². The number of anilines is 3. The number of hydrogen-bond donors (Lipinski definition) is 3. The molecule has 1 saturated carbocycles. The molecule has 0 bridgehead atoms. The molecule has 2 aliphatic rings. The zero-order valence-corrected chi connectivity index (χ0v) is 14.3. The molecule has 1 aliphatic carbocycles. The lowest BCUT2D eigenvalue weighted by Gasteiger charge is -2.24. The van der Waals surface area contributed by atoms with Crippen molar-refractivity contribution in [1.29, 1.82) is 5.26 Å². The third-order valence-corrected chi connectivity index (χ3v) is 4.33. The maximum atomic E-state index is 8.79. The van der Waals surface area contributed by atoms with Gasteiger partial charge in [-0.3, -0.25) is 0 Å². The van der Waals surface area contributed by atoms with Gasteiger partial charge < -0.3 is 20.7 Å². The Bertz CT molecular complexity index is 793. The van der Waals surface area contributed by atoms with Crippen molar-refractivity contribution in [3.8, 4) is 6.07 Å². The minimum atomic E-state index is 0.143. The van der Waals surface area contributed by atoms with Crippen LogP contribution >= 0.6 is 0 Å². The summed E-state index contributed by atoms with van der Waals surface area (Å²) in [7, 11) is 0. The van der Waals surface area contributed by atoms with Crippen molar-refractivity contribution in [2.75, 3.05) is 36.9 Å². The van der Waals surface area contributed by atoms with Crippen LogP contribution in [0.2, 0.25) is 0 Å². The summed E-state index contributed by atoms with van der Waals surface area (Å²) in [6, 6.07) is 3.89. The van der Waals surface area contributed by atoms with Gasteiger partial charge in [0.1, 0.15) is 11.9 Å². The second-order valence-corrected chi connectivity index (χ2v) is 6.40. The molecule has 3 N–H and O–H groups in total. The van der Waals surface area contributed by atoms with E-state index in [2.05, 4.69) is 36.1 Å². The minimum Gasteiger partial charge on any atom is -0.381 e. The lowest BCUT2D eigenvalue weighted by atomic mass is 10.2. The number of ether oxygens (including phenoxy) is 1. The molecule has 9 heteroatoms. The molecule has 1 atom stereocenters. The summed E-state index contributed by atoms with van der Waals surface area (Å²) in [5.41, 5.74) is 2.25. The number of nitriles is 1. The summed E-state index contributed by atoms with van der Waals surface area (Å²) in [6.07, 6.45) is 5.37. The third kappa shape index (κ3) is 4.04. The molecule has 1 unspecified atom stereocenters. The Labute approximate surface area is 151 Å². The molecule has 3 heterocycles. The zero-order valence-electron chi connectivity index (χ0n) is 14.3. The standard InChI is InChI=1S/C17H20N8O/c18-6-12-7-22-16(10-20-12)23-15-5-14(17(25-24-15)11-1-2-11)21-9-13-8-19-3-4-26-13/h5,7,10-11,13,19H,1-4,8-9H2,(H2,21,22,23,24). The van der Waals surface area contributed by atoms with Crippen LogP contribution < -0.4 is 16.0 Å². The number of hydrogen-bond acceptors (Lipinski definition) is 9. The van der Waals surface area contributed by atoms with Gasteiger partial charge in [0, 0.05) is 31.6 Å². The van der Waals surface area contributed by atoms with E-state index in [0.29, 0.717) is 24.1 Å². The lowest BCUT2D eigenvalue weighted by Crippen LogP contribution is -2.42. The minimum absolute atomic E-state index is 0.143. The molecule has 2 aromatic heterocycles. The average Bonchev–Trinajstić information content (AvgIpc) is 3.53. The second-order valence-electron chi connectivity index (χ2n) is 6.40. The van der Waals surface area contributed by atoms with Crippen LogP contribution in [-0.2, 0) is 4.74 Å². The summed E-state index contributed by atoms with van der Waals surface area (Å²) in [5.74, 6) is 1.58. The summed E-state index contributed by atoms with van der Waals surface area (Å²) in [5, 5.41) is 27.3. The van der Waals surface area contributed by atoms with E-state index in [0.717, 1.165) is 43.9 Å². The van der Waals surface area contributed by atoms with Crippen molar-refractivity contribution < 1.29 is 4.74 Å². The predicted molar refractivity (Wildman–Crippen MR) is 95.1 cm³/mol. The van der Waals surface area contributed by atoms with Gasteiger partial charge >= 0.3 is 0 Å². The van der Waals surface area contributed by atoms with Crippen LogP contribution in [0.3, 0.4) is 0 Å². The van der Waals surface area contributed by atoms with E-state index in [1.165, 1.54) is 12.4 Å². The van der Waals surface area contributed by atoms with E-state index in [-0.39, 0.29) is 11.8 Å². The van der Waals surface area contributed by atoms with Crippen LogP contribution in [0, 0.1) is 11.3 Å². The smallest absolute Gasteiger partial charge is 0.158 e. The highest BCUT2D eigenvalue weighted by molar-refractivity contribution is 5.60. The Morgan fingerprint density at radius 3 is 2.85 bits per heavy atom. The van der Waals surface area contributed by atoms with Crippen molar-refractivity contribution in [2.45, 2.75) is 24.9 Å². The maximum Gasteiger partial charge on any atom is 0.158 e. The third-order valence-electron chi connectivity index (χ3n) is 4.33. The van der Waals surface area contributed by atoms with Crippen molar-refractivity contribution in [2.24, 2.45) is 0 Å². The van der Waals surface area contributed by atoms with E-state index in [1.54, 1.807) is 0 Å². The highest BCUT2D eigenvalue weighted by Crippen LogP contribution is 2.42. The lowest BCUT2D eigenvalue weighted by molar-refractivity contribution is 0.0372. The van der Waals surface area contributed by atoms with E-state index < -0.39 is 0 Å². The molecular formula is C17H20N8O. The van der Waals surface area contributed by atoms with Gasteiger partial charge in [-0.25, -0.2) is 9.97 Å². The fourth-order valence-corrected chi connectivity index (χ4v) is 2.82. The summed E-state index contributed by atoms with van der Waals surface area (Å²) < 4.78 is 5.74. The van der Waals surface area contributed by atoms with Crippen LogP contribution in [0.15, 0.2) is 18.5 Å². The Morgan fingerprint density at radius 2 is 2.15 bits per heavy atom. The topological polar surface area (TPSA) is 121 Å². The molecule has 0 amide bonds. The predicted octanol–water partition coefficient (Wildman–Crippen LogP) is 1.16. The molecule has 1 aliphatic heterocycles. The number of nitrogens with one attached hydrogen (secondary N) is 3. The average molecular weight is 352 g/mol. The van der Waals surface area contributed by atoms with Crippen molar-refractivity contribution in [1.82, 2.24) is 25.5 Å². The number of morpholine rings is 1. The SMILES string of the molecule is N#Cc1cnc(Nc2cc(NCC3CNCCO3)c(C3CC3)nn2)cn1. The first-order valence-corrected chi connectivity index (χ1v) is 8.75. The van der Waals surface area contributed by atoms with Gasteiger partial charge in [0.15, 0.2) is 11.5 Å². The number of nitrogens with zero attached hydrogens (tertiary/aromatic N) is 5. The van der Waals surface area contributed by atoms with Gasteiger partial charge in [0.25, 0.3) is 0 Å². The summed E-state index contributed by atoms with van der Waals surface area (Å²) in [4.78, 5) is 8.15. The molecule has 134 valence electrons. The van der Waals surface area contributed by atoms with Gasteiger partial charge in [-0.1, -0.05) is 0 Å².